The summed E-state index contributed by atoms with van der Waals surface area (Å²) in [5, 5.41) is 74.4. The average molecular weight is 1740 g/mol. The molecule has 0 radical (unpaired) electrons. The summed E-state index contributed by atoms with van der Waals surface area (Å²) in [6.07, 6.45) is 14.6. The van der Waals surface area contributed by atoms with Gasteiger partial charge in [0.15, 0.2) is 22.6 Å². The highest BCUT2D eigenvalue weighted by molar-refractivity contribution is 5.69. The van der Waals surface area contributed by atoms with Gasteiger partial charge in [0.1, 0.15) is 45.8 Å². The van der Waals surface area contributed by atoms with E-state index in [1.54, 1.807) is 90.8 Å². The lowest BCUT2D eigenvalue weighted by atomic mass is 10.1. The highest BCUT2D eigenvalue weighted by Gasteiger charge is 2.25. The summed E-state index contributed by atoms with van der Waals surface area (Å²) in [5.41, 5.74) is 29.3. The molecule has 20 nitrogen and oxygen atoms in total. The molecule has 0 atom stereocenters. The summed E-state index contributed by atoms with van der Waals surface area (Å²) in [5.74, 6) is 1.92. The monoisotopic (exact) mass is 1740 g/mol. The van der Waals surface area contributed by atoms with Gasteiger partial charge in [0.05, 0.1) is 52.2 Å². The van der Waals surface area contributed by atoms with Gasteiger partial charge in [0, 0.05) is 105 Å². The second kappa shape index (κ2) is 39.0. The molecule has 8 aromatic heterocycles. The molecule has 1 aliphatic heterocycles. The lowest BCUT2D eigenvalue weighted by Crippen LogP contribution is -2.01. The number of aromatic nitrogens is 12. The molecule has 20 heteroatoms. The van der Waals surface area contributed by atoms with Crippen LogP contribution in [0.15, 0.2) is 334 Å². The molecule has 0 fully saturated rings. The van der Waals surface area contributed by atoms with E-state index in [-0.39, 0.29) is 40.8 Å². The van der Waals surface area contributed by atoms with Crippen LogP contribution in [0.4, 0.5) is 0 Å². The van der Waals surface area contributed by atoms with Crippen molar-refractivity contribution in [2.45, 2.75) is 98.3 Å². The minimum atomic E-state index is 0.0922. The molecule has 0 spiro atoms. The number of hydrogen-bond donors (Lipinski definition) is 7. The van der Waals surface area contributed by atoms with E-state index in [0.717, 1.165) is 120 Å². The SMILES string of the molecule is CCc1cccc(Cc2nc3c(Cc4ccccc4)nc(-c4cccc(C)c4)cn3c2O)c1.CCc1cccc(Cc2nc3c(Cc4ccccc4)nc(-c4cccc(O)c4)cn3c2O)c1.Cc1ccc(Cc2nc3c(Cc4ccccc4)nc(-c4cccc(O)c4)cn3c2O)cc1.Oc1cccc(-c2cn3c(O)c(Cc4ccc5c(c4)OCC5)nc3c(Cc3ccccc3)n2)c1. The number of rotatable bonds is 22. The van der Waals surface area contributed by atoms with Gasteiger partial charge in [-0.15, -0.1) is 0 Å². The van der Waals surface area contributed by atoms with Crippen molar-refractivity contribution in [2.24, 2.45) is 0 Å². The van der Waals surface area contributed by atoms with Gasteiger partial charge in [0.25, 0.3) is 0 Å². The molecule has 12 aromatic carbocycles. The van der Waals surface area contributed by atoms with Gasteiger partial charge < -0.3 is 40.5 Å². The third-order valence-corrected chi connectivity index (χ3v) is 23.6. The van der Waals surface area contributed by atoms with Gasteiger partial charge in [-0.05, 0) is 136 Å². The van der Waals surface area contributed by atoms with E-state index in [9.17, 15) is 35.7 Å². The Bertz CT molecular complexity index is 7300. The molecule has 21 rings (SSSR count). The molecule has 0 saturated carbocycles. The Morgan fingerprint density at radius 3 is 0.864 bits per heavy atom. The molecule has 0 saturated heterocycles. The first-order chi connectivity index (χ1) is 64.4. The number of hydrogen-bond acceptors (Lipinski definition) is 16. The lowest BCUT2D eigenvalue weighted by molar-refractivity contribution is 0.356. The van der Waals surface area contributed by atoms with Crippen molar-refractivity contribution in [2.75, 3.05) is 6.61 Å². The van der Waals surface area contributed by atoms with Crippen molar-refractivity contribution in [3.8, 4) is 91.5 Å². The number of benzene rings is 12. The number of ether oxygens (including phenoxy) is 1. The van der Waals surface area contributed by atoms with Gasteiger partial charge in [-0.2, -0.15) is 0 Å². The lowest BCUT2D eigenvalue weighted by Gasteiger charge is -2.09. The summed E-state index contributed by atoms with van der Waals surface area (Å²) in [4.78, 5) is 38.9. The van der Waals surface area contributed by atoms with Crippen LogP contribution in [-0.4, -0.2) is 99.8 Å². The zero-order valence-electron chi connectivity index (χ0n) is 73.6. The Kier molecular flexibility index (Phi) is 25.5. The normalized spacial score (nSPS) is 11.5. The van der Waals surface area contributed by atoms with Gasteiger partial charge >= 0.3 is 0 Å². The number of aryl methyl sites for hydroxylation is 4. The molecule has 7 N–H and O–H groups in total. The van der Waals surface area contributed by atoms with Crippen LogP contribution in [0.25, 0.3) is 67.6 Å². The van der Waals surface area contributed by atoms with Crippen molar-refractivity contribution in [1.29, 1.82) is 0 Å². The van der Waals surface area contributed by atoms with Crippen molar-refractivity contribution >= 4 is 22.6 Å². The molecule has 0 amide bonds. The number of phenolic OH excluding ortho intramolecular Hbond substituents is 3. The Morgan fingerprint density at radius 2 is 0.530 bits per heavy atom. The maximum atomic E-state index is 11.2. The molecule has 0 aliphatic carbocycles. The Balaban J connectivity index is 0.000000118. The average Bonchev–Trinajstić information content (AvgIpc) is 1.63. The second-order valence-corrected chi connectivity index (χ2v) is 33.3. The summed E-state index contributed by atoms with van der Waals surface area (Å²) >= 11 is 0. The van der Waals surface area contributed by atoms with E-state index < -0.39 is 0 Å². The van der Waals surface area contributed by atoms with Gasteiger partial charge in [-0.3, -0.25) is 17.6 Å². The molecule has 0 unspecified atom stereocenters. The number of fused-ring (bicyclic) bond motifs is 5. The first-order valence-electron chi connectivity index (χ1n) is 44.4. The Labute approximate surface area is 764 Å². The fourth-order valence-electron chi connectivity index (χ4n) is 16.8. The van der Waals surface area contributed by atoms with E-state index in [2.05, 4.69) is 161 Å². The maximum Gasteiger partial charge on any atom is 0.219 e. The Hall–Kier alpha value is -16.5. The zero-order valence-corrected chi connectivity index (χ0v) is 73.6. The van der Waals surface area contributed by atoms with Crippen molar-refractivity contribution in [3.05, 3.63) is 452 Å². The Morgan fingerprint density at radius 1 is 0.250 bits per heavy atom. The third-order valence-electron chi connectivity index (χ3n) is 23.6. The number of phenols is 3. The minimum absolute atomic E-state index is 0.0922. The van der Waals surface area contributed by atoms with Crippen molar-refractivity contribution < 1.29 is 40.5 Å². The minimum Gasteiger partial charge on any atom is -0.508 e. The van der Waals surface area contributed by atoms with Gasteiger partial charge in [0.2, 0.25) is 23.5 Å². The molecule has 132 heavy (non-hydrogen) atoms. The van der Waals surface area contributed by atoms with Crippen LogP contribution in [0.3, 0.4) is 0 Å². The van der Waals surface area contributed by atoms with Crippen LogP contribution in [-0.2, 0) is 70.6 Å². The molecular formula is C112H98N12O8. The zero-order chi connectivity index (χ0) is 90.7. The number of aromatic hydroxyl groups is 7. The van der Waals surface area contributed by atoms with Crippen LogP contribution in [0, 0.1) is 13.8 Å². The highest BCUT2D eigenvalue weighted by atomic mass is 16.5. The fraction of sp³-hybridized carbons (Fsp3) is 0.143. The van der Waals surface area contributed by atoms with Crippen LogP contribution < -0.4 is 4.74 Å². The quantitative estimate of drug-likeness (QED) is 0.0332. The van der Waals surface area contributed by atoms with E-state index in [0.29, 0.717) is 120 Å². The maximum absolute atomic E-state index is 11.2. The summed E-state index contributed by atoms with van der Waals surface area (Å²) in [6.45, 7) is 9.12. The summed E-state index contributed by atoms with van der Waals surface area (Å²) < 4.78 is 12.6. The van der Waals surface area contributed by atoms with Crippen molar-refractivity contribution in [1.82, 2.24) is 57.5 Å². The number of imidazole rings is 4. The fourth-order valence-corrected chi connectivity index (χ4v) is 16.8. The van der Waals surface area contributed by atoms with Gasteiger partial charge in [-0.25, -0.2) is 39.9 Å². The van der Waals surface area contributed by atoms with Crippen LogP contribution >= 0.6 is 0 Å². The van der Waals surface area contributed by atoms with Crippen LogP contribution in [0.1, 0.15) is 132 Å². The molecule has 1 aliphatic rings. The highest BCUT2D eigenvalue weighted by Crippen LogP contribution is 2.37. The van der Waals surface area contributed by atoms with Gasteiger partial charge in [-0.1, -0.05) is 286 Å². The predicted octanol–water partition coefficient (Wildman–Crippen LogP) is 21.9. The largest absolute Gasteiger partial charge is 0.508 e. The van der Waals surface area contributed by atoms with E-state index in [1.165, 1.54) is 27.8 Å². The third kappa shape index (κ3) is 19.9. The van der Waals surface area contributed by atoms with Crippen LogP contribution in [0.5, 0.6) is 46.5 Å². The molecule has 0 bridgehead atoms. The van der Waals surface area contributed by atoms with E-state index in [1.807, 2.05) is 128 Å². The molecule has 9 heterocycles. The van der Waals surface area contributed by atoms with Crippen molar-refractivity contribution in [3.63, 3.8) is 0 Å². The standard InChI is InChI=1S/C29H27N3O.C28H23N3O3.C28H25N3O2.C27H23N3O2/c1-3-21-12-8-13-23(16-21)18-26-29(33)32-19-27(24-14-7-9-20(2)15-24)30-25(28(32)31-26)17-22-10-5-4-6-11-22;32-22-8-4-7-21(16-22)25-17-31-27(23(29-25)13-18-5-2-1-3-6-18)30-24(28(31)33)14-19-9-10-20-11-12-34-26(20)15-19;1-2-19-10-6-11-21(14-19)16-25-28(33)31-18-26(22-12-7-13-23(32)17-22)29-24(27(31)30-25)15-20-8-4-3-5-9-20;1-18-10-12-20(13-11-18)15-24-27(32)30-17-25(21-8-5-9-22(31)16-21)28-23(26(30)29-24)14-19-6-3-2-4-7-19/h4-16,19,33H,3,17-18H2,1-2H3;1-10,15-17,32-33H,11-14H2;3-14,17-18,32-33H,2,15-16H2,1H3;2-13,16-17,31-32H,14-15H2,1H3. The first kappa shape index (κ1) is 86.3. The van der Waals surface area contributed by atoms with Crippen LogP contribution in [0.2, 0.25) is 0 Å². The summed E-state index contributed by atoms with van der Waals surface area (Å²) in [7, 11) is 0. The second-order valence-electron chi connectivity index (χ2n) is 33.3. The summed E-state index contributed by atoms with van der Waals surface area (Å²) in [6, 6.07) is 101. The molecular weight excluding hydrogens is 1640 g/mol. The topological polar surface area (TPSA) is 272 Å². The first-order valence-corrected chi connectivity index (χ1v) is 44.4. The molecule has 20 aromatic rings. The molecule has 654 valence electrons. The number of nitrogens with zero attached hydrogens (tertiary/aromatic N) is 12. The smallest absolute Gasteiger partial charge is 0.219 e. The van der Waals surface area contributed by atoms with E-state index in [4.69, 9.17) is 44.6 Å². The predicted molar refractivity (Wildman–Crippen MR) is 517 cm³/mol. The van der Waals surface area contributed by atoms with E-state index >= 15 is 0 Å².